The lowest BCUT2D eigenvalue weighted by Gasteiger charge is -2.19. The van der Waals surface area contributed by atoms with Crippen molar-refractivity contribution in [3.05, 3.63) is 183 Å². The Morgan fingerprint density at radius 1 is 0.510 bits per heavy atom. The molecule has 0 unspecified atom stereocenters. The molecule has 236 valence electrons. The quantitative estimate of drug-likeness (QED) is 0.132. The number of allylic oxidation sites excluding steroid dienone is 4. The van der Waals surface area contributed by atoms with Crippen LogP contribution in [0.5, 0.6) is 0 Å². The van der Waals surface area contributed by atoms with Crippen molar-refractivity contribution in [2.24, 2.45) is 0 Å². The summed E-state index contributed by atoms with van der Waals surface area (Å²) >= 11 is 0. The van der Waals surface area contributed by atoms with E-state index in [4.69, 9.17) is 4.98 Å². The average Bonchev–Trinajstić information content (AvgIpc) is 3.57. The van der Waals surface area contributed by atoms with Crippen LogP contribution in [0.1, 0.15) is 13.8 Å². The van der Waals surface area contributed by atoms with Crippen LogP contribution in [0.4, 0.5) is 0 Å². The van der Waals surface area contributed by atoms with Crippen molar-refractivity contribution in [3.63, 3.8) is 0 Å². The highest BCUT2D eigenvalue weighted by Gasteiger charge is 2.18. The van der Waals surface area contributed by atoms with Gasteiger partial charge in [-0.1, -0.05) is 159 Å². The van der Waals surface area contributed by atoms with E-state index in [2.05, 4.69) is 189 Å². The number of para-hydroxylation sites is 2. The van der Waals surface area contributed by atoms with Gasteiger partial charge in [-0.3, -0.25) is 4.57 Å². The van der Waals surface area contributed by atoms with Crippen molar-refractivity contribution >= 4 is 38.3 Å². The molecule has 2 nitrogen and oxygen atoms in total. The fraction of sp³-hybridized carbons (Fsp3) is 0.0426. The lowest BCUT2D eigenvalue weighted by Crippen LogP contribution is -1.97. The molecule has 49 heavy (non-hydrogen) atoms. The summed E-state index contributed by atoms with van der Waals surface area (Å²) in [6, 6.07) is 54.6. The predicted octanol–water partition coefficient (Wildman–Crippen LogP) is 13.2. The third-order valence-corrected chi connectivity index (χ3v) is 9.10. The Kier molecular flexibility index (Phi) is 8.86. The molecule has 0 radical (unpaired) electrons. The van der Waals surface area contributed by atoms with Gasteiger partial charge < -0.3 is 0 Å². The van der Waals surface area contributed by atoms with Crippen LogP contribution in [0.25, 0.3) is 83.0 Å². The van der Waals surface area contributed by atoms with Gasteiger partial charge in [-0.2, -0.15) is 0 Å². The molecule has 1 aromatic heterocycles. The molecular weight excluding hydrogens is 593 g/mol. The molecule has 0 aliphatic carbocycles. The van der Waals surface area contributed by atoms with Crippen LogP contribution in [0, 0.1) is 0 Å². The molecule has 0 atom stereocenters. The largest absolute Gasteiger partial charge is 0.297 e. The first-order chi connectivity index (χ1) is 24.1. The van der Waals surface area contributed by atoms with Gasteiger partial charge >= 0.3 is 0 Å². The Hall–Kier alpha value is -6.25. The third-order valence-electron chi connectivity index (χ3n) is 9.10. The second-order valence-electron chi connectivity index (χ2n) is 12.0. The summed E-state index contributed by atoms with van der Waals surface area (Å²) in [5.41, 5.74) is 11.7. The zero-order chi connectivity index (χ0) is 33.7. The number of hydrogen-bond donors (Lipinski definition) is 0. The zero-order valence-corrected chi connectivity index (χ0v) is 28.0. The van der Waals surface area contributed by atoms with Crippen LogP contribution in [0.2, 0.25) is 0 Å². The molecule has 0 aliphatic heterocycles. The summed E-state index contributed by atoms with van der Waals surface area (Å²) in [4.78, 5) is 5.09. The van der Waals surface area contributed by atoms with Crippen molar-refractivity contribution in [1.29, 1.82) is 0 Å². The summed E-state index contributed by atoms with van der Waals surface area (Å²) in [6.07, 6.45) is 5.42. The van der Waals surface area contributed by atoms with Gasteiger partial charge in [-0.25, -0.2) is 4.98 Å². The molecule has 8 rings (SSSR count). The van der Waals surface area contributed by atoms with Crippen molar-refractivity contribution in [1.82, 2.24) is 9.55 Å². The van der Waals surface area contributed by atoms with Gasteiger partial charge in [0.05, 0.1) is 11.0 Å². The van der Waals surface area contributed by atoms with Crippen LogP contribution < -0.4 is 0 Å². The molecule has 0 amide bonds. The van der Waals surface area contributed by atoms with E-state index in [-0.39, 0.29) is 0 Å². The summed E-state index contributed by atoms with van der Waals surface area (Å²) < 4.78 is 2.26. The van der Waals surface area contributed by atoms with Crippen LogP contribution in [0.3, 0.4) is 0 Å². The maximum absolute atomic E-state index is 5.09. The Balaban J connectivity index is 0.000000898. The highest BCUT2D eigenvalue weighted by molar-refractivity contribution is 6.22. The third kappa shape index (κ3) is 5.90. The van der Waals surface area contributed by atoms with E-state index < -0.39 is 0 Å². The van der Waals surface area contributed by atoms with Crippen LogP contribution in [-0.2, 0) is 0 Å². The second kappa shape index (κ2) is 13.9. The number of aromatic nitrogens is 2. The maximum Gasteiger partial charge on any atom is 0.145 e. The Bertz CT molecular complexity index is 2470. The first-order valence-electron chi connectivity index (χ1n) is 16.7. The first-order valence-corrected chi connectivity index (χ1v) is 16.7. The van der Waals surface area contributed by atoms with Gasteiger partial charge in [0.1, 0.15) is 5.82 Å². The average molecular weight is 631 g/mol. The number of imidazole rings is 1. The van der Waals surface area contributed by atoms with E-state index in [1.165, 1.54) is 54.9 Å². The summed E-state index contributed by atoms with van der Waals surface area (Å²) in [5, 5.41) is 5.03. The van der Waals surface area contributed by atoms with Crippen LogP contribution in [0.15, 0.2) is 183 Å². The van der Waals surface area contributed by atoms with Gasteiger partial charge in [0, 0.05) is 11.3 Å². The predicted molar refractivity (Wildman–Crippen MR) is 213 cm³/mol. The molecule has 1 heterocycles. The summed E-state index contributed by atoms with van der Waals surface area (Å²) in [6.45, 7) is 10.9. The normalized spacial score (nSPS) is 11.3. The topological polar surface area (TPSA) is 17.8 Å². The van der Waals surface area contributed by atoms with E-state index in [1.54, 1.807) is 12.2 Å². The van der Waals surface area contributed by atoms with Gasteiger partial charge in [0.25, 0.3) is 0 Å². The zero-order valence-electron chi connectivity index (χ0n) is 28.0. The minimum absolute atomic E-state index is 0.955. The Morgan fingerprint density at radius 2 is 1.02 bits per heavy atom. The second-order valence-corrected chi connectivity index (χ2v) is 12.0. The Morgan fingerprint density at radius 3 is 1.65 bits per heavy atom. The molecule has 2 heteroatoms. The fourth-order valence-corrected chi connectivity index (χ4v) is 6.73. The maximum atomic E-state index is 5.09. The number of nitrogens with zero attached hydrogens (tertiary/aromatic N) is 2. The van der Waals surface area contributed by atoms with E-state index in [1.807, 2.05) is 0 Å². The molecule has 0 saturated heterocycles. The van der Waals surface area contributed by atoms with Crippen LogP contribution in [-0.4, -0.2) is 9.55 Å². The van der Waals surface area contributed by atoms with E-state index >= 15 is 0 Å². The van der Waals surface area contributed by atoms with E-state index in [0.717, 1.165) is 28.1 Å². The van der Waals surface area contributed by atoms with Crippen molar-refractivity contribution in [2.45, 2.75) is 13.8 Å². The monoisotopic (exact) mass is 630 g/mol. The number of rotatable bonds is 6. The molecule has 8 aromatic rings. The molecule has 0 N–H and O–H groups in total. The van der Waals surface area contributed by atoms with E-state index in [0.29, 0.717) is 0 Å². The minimum Gasteiger partial charge on any atom is -0.297 e. The highest BCUT2D eigenvalue weighted by Crippen LogP contribution is 2.45. The molecule has 0 saturated carbocycles. The fourth-order valence-electron chi connectivity index (χ4n) is 6.73. The Labute approximate surface area is 288 Å². The lowest BCUT2D eigenvalue weighted by molar-refractivity contribution is 1.12. The molecule has 0 aliphatic rings. The molecule has 0 fully saturated rings. The molecular formula is C47H38N2. The summed E-state index contributed by atoms with van der Waals surface area (Å²) in [5.74, 6) is 0.955. The smallest absolute Gasteiger partial charge is 0.145 e. The number of fused-ring (bicyclic) bond motifs is 3. The van der Waals surface area contributed by atoms with Gasteiger partial charge in [0.2, 0.25) is 0 Å². The van der Waals surface area contributed by atoms with Crippen molar-refractivity contribution < 1.29 is 0 Å². The highest BCUT2D eigenvalue weighted by atomic mass is 15.1. The van der Waals surface area contributed by atoms with Crippen molar-refractivity contribution in [2.75, 3.05) is 0 Å². The lowest BCUT2D eigenvalue weighted by atomic mass is 9.85. The number of benzene rings is 7. The minimum atomic E-state index is 0.955. The molecule has 0 spiro atoms. The van der Waals surface area contributed by atoms with E-state index in [9.17, 15) is 0 Å². The van der Waals surface area contributed by atoms with Gasteiger partial charge in [0.15, 0.2) is 0 Å². The standard InChI is InChI=1S/C43H32N2.C4H6/c1-3-29(2)45-40-24-13-12-23-39(40)44-43(45)34-20-14-19-32(27-34)33-25-26-37-38(28-33)42(31-17-8-5-9-18-31)36-22-11-10-21-35(36)41(37)30-15-6-4-7-16-30;1-3-4-2/h3-28H,1-2H3;3-4H,1-2H2/b29-3+;. The molecule has 0 bridgehead atoms. The van der Waals surface area contributed by atoms with Crippen LogP contribution >= 0.6 is 0 Å². The van der Waals surface area contributed by atoms with Crippen molar-refractivity contribution in [3.8, 4) is 44.8 Å². The summed E-state index contributed by atoms with van der Waals surface area (Å²) in [7, 11) is 0. The molecule has 7 aromatic carbocycles. The van der Waals surface area contributed by atoms with Gasteiger partial charge in [-0.05, 0) is 93.0 Å². The SMILES string of the molecule is C/C=C(\C)n1c(-c2cccc(-c3ccc4c(-c5ccccc5)c5ccccc5c(-c5ccccc5)c4c3)c2)nc2ccccc21.C=CC=C. The first kappa shape index (κ1) is 31.4. The van der Waals surface area contributed by atoms with Gasteiger partial charge in [-0.15, -0.1) is 0 Å². The number of hydrogen-bond acceptors (Lipinski definition) is 1.